The van der Waals surface area contributed by atoms with Gasteiger partial charge in [0.1, 0.15) is 12.5 Å². The van der Waals surface area contributed by atoms with E-state index in [4.69, 9.17) is 20.4 Å². The van der Waals surface area contributed by atoms with Gasteiger partial charge in [-0.3, -0.25) is 9.59 Å². The fourth-order valence-electron chi connectivity index (χ4n) is 1.74. The van der Waals surface area contributed by atoms with Crippen LogP contribution >= 0.6 is 0 Å². The van der Waals surface area contributed by atoms with Crippen molar-refractivity contribution in [1.82, 2.24) is 20.8 Å². The van der Waals surface area contributed by atoms with Gasteiger partial charge in [-0.1, -0.05) is 0 Å². The fraction of sp³-hybridized carbons (Fsp3) is 0.500. The zero-order chi connectivity index (χ0) is 19.1. The molecule has 0 aliphatic rings. The summed E-state index contributed by atoms with van der Waals surface area (Å²) < 4.78 is 5.04. The number of nitrogens with two attached hydrogens (primary N) is 1. The van der Waals surface area contributed by atoms with E-state index in [1.165, 1.54) is 0 Å². The van der Waals surface area contributed by atoms with Crippen LogP contribution in [0.1, 0.15) is 31.2 Å². The molecule has 0 fully saturated rings. The smallest absolute Gasteiger partial charge is 0.328 e. The van der Waals surface area contributed by atoms with E-state index in [2.05, 4.69) is 15.5 Å². The molecule has 0 aliphatic carbocycles. The molecule has 0 aliphatic heterocycles. The van der Waals surface area contributed by atoms with E-state index in [-0.39, 0.29) is 11.8 Å². The molecule has 1 heterocycles. The largest absolute Gasteiger partial charge is 0.481 e. The minimum absolute atomic E-state index is 0.258. The van der Waals surface area contributed by atoms with Gasteiger partial charge in [0.25, 0.3) is 0 Å². The third-order valence-corrected chi connectivity index (χ3v) is 2.83. The van der Waals surface area contributed by atoms with E-state index in [0.29, 0.717) is 0 Å². The summed E-state index contributed by atoms with van der Waals surface area (Å²) in [5.74, 6) is -4.08. The Labute approximate surface area is 140 Å². The molecule has 3 amide bonds. The fourth-order valence-corrected chi connectivity index (χ4v) is 1.74. The van der Waals surface area contributed by atoms with Crippen molar-refractivity contribution in [2.75, 3.05) is 0 Å². The summed E-state index contributed by atoms with van der Waals surface area (Å²) in [7, 11) is 0. The molecule has 13 nitrogen and oxygen atoms in total. The van der Waals surface area contributed by atoms with Gasteiger partial charge in [0.15, 0.2) is 6.04 Å². The number of urea groups is 1. The van der Waals surface area contributed by atoms with Crippen LogP contribution in [-0.4, -0.2) is 61.5 Å². The first-order chi connectivity index (χ1) is 11.6. The number of aromatic nitrogens is 2. The molecule has 1 aromatic heterocycles. The van der Waals surface area contributed by atoms with Crippen molar-refractivity contribution >= 4 is 23.9 Å². The van der Waals surface area contributed by atoms with Crippen LogP contribution in [0.5, 0.6) is 0 Å². The van der Waals surface area contributed by atoms with Gasteiger partial charge in [-0.15, -0.1) is 10.2 Å². The average molecular weight is 359 g/mol. The Balaban J connectivity index is 2.87. The molecule has 1 aromatic rings. The number of primary amides is 1. The van der Waals surface area contributed by atoms with Crippen LogP contribution in [0.3, 0.4) is 0 Å². The topological polar surface area (TPSA) is 218 Å². The maximum atomic E-state index is 11.9. The molecule has 0 saturated carbocycles. The number of carboxylic acids is 2. The number of hydrogen-bond donors (Lipinski definition) is 6. The van der Waals surface area contributed by atoms with Crippen molar-refractivity contribution in [3.8, 4) is 0 Å². The summed E-state index contributed by atoms with van der Waals surface area (Å²) in [6.45, 7) is 1.16. The Morgan fingerprint density at radius 3 is 2.32 bits per heavy atom. The molecule has 138 valence electrons. The molecule has 1 rings (SSSR count). The summed E-state index contributed by atoms with van der Waals surface area (Å²) >= 11 is 0. The summed E-state index contributed by atoms with van der Waals surface area (Å²) in [5, 5.41) is 38.1. The van der Waals surface area contributed by atoms with Crippen LogP contribution in [-0.2, 0) is 20.8 Å². The summed E-state index contributed by atoms with van der Waals surface area (Å²) in [5.41, 5.74) is 5.06. The second kappa shape index (κ2) is 8.58. The van der Waals surface area contributed by atoms with Crippen molar-refractivity contribution < 1.29 is 38.9 Å². The van der Waals surface area contributed by atoms with Crippen LogP contribution in [0.15, 0.2) is 4.42 Å². The number of carboxylic acid groups (broad SMARTS) is 2. The van der Waals surface area contributed by atoms with Gasteiger partial charge in [-0.25, -0.2) is 9.59 Å². The molecule has 3 atom stereocenters. The molecule has 25 heavy (non-hydrogen) atoms. The number of rotatable bonds is 9. The van der Waals surface area contributed by atoms with Crippen LogP contribution < -0.4 is 16.4 Å². The Hall–Kier alpha value is -3.22. The standard InChI is InChI=1S/C12H17N5O8/c1-4(18)9(11(22)23)15-12(24)14-5(2-6(13)19)10-17-16-7(25-10)3-8(20)21/h4-5,9,18H,2-3H2,1H3,(H2,13,19)(H,20,21)(H,22,23)(H2,14,15,24)/t4?,5-,9-/m0/s1. The number of carbonyl (C=O) groups is 4. The highest BCUT2D eigenvalue weighted by molar-refractivity contribution is 5.83. The SMILES string of the molecule is CC(O)[C@H](NC(=O)N[C@@H](CC(N)=O)c1nnc(CC(=O)O)o1)C(=O)O. The third kappa shape index (κ3) is 6.42. The summed E-state index contributed by atoms with van der Waals surface area (Å²) in [4.78, 5) is 44.5. The van der Waals surface area contributed by atoms with Crippen LogP contribution in [0.4, 0.5) is 4.79 Å². The van der Waals surface area contributed by atoms with E-state index in [0.717, 1.165) is 6.92 Å². The second-order valence-electron chi connectivity index (χ2n) is 5.00. The van der Waals surface area contributed by atoms with E-state index < -0.39 is 54.9 Å². The van der Waals surface area contributed by atoms with Gasteiger partial charge >= 0.3 is 18.0 Å². The lowest BCUT2D eigenvalue weighted by Gasteiger charge is -2.19. The second-order valence-corrected chi connectivity index (χ2v) is 5.00. The van der Waals surface area contributed by atoms with E-state index in [1.54, 1.807) is 0 Å². The number of hydrogen-bond acceptors (Lipinski definition) is 8. The van der Waals surface area contributed by atoms with Crippen molar-refractivity contribution in [2.45, 2.75) is 38.0 Å². The van der Waals surface area contributed by atoms with Crippen LogP contribution in [0, 0.1) is 0 Å². The molecule has 0 radical (unpaired) electrons. The molecular formula is C12H17N5O8. The molecule has 0 bridgehead atoms. The number of carbonyl (C=O) groups excluding carboxylic acids is 2. The first kappa shape index (κ1) is 19.8. The highest BCUT2D eigenvalue weighted by Gasteiger charge is 2.28. The van der Waals surface area contributed by atoms with Crippen LogP contribution in [0.2, 0.25) is 0 Å². The van der Waals surface area contributed by atoms with Gasteiger partial charge in [0.05, 0.1) is 12.5 Å². The van der Waals surface area contributed by atoms with Crippen molar-refractivity contribution in [2.24, 2.45) is 5.73 Å². The number of aliphatic hydroxyl groups excluding tert-OH is 1. The molecular weight excluding hydrogens is 342 g/mol. The van der Waals surface area contributed by atoms with Crippen LogP contribution in [0.25, 0.3) is 0 Å². The zero-order valence-corrected chi connectivity index (χ0v) is 13.0. The maximum absolute atomic E-state index is 11.9. The van der Waals surface area contributed by atoms with Crippen molar-refractivity contribution in [3.63, 3.8) is 0 Å². The highest BCUT2D eigenvalue weighted by Crippen LogP contribution is 2.15. The molecule has 7 N–H and O–H groups in total. The monoisotopic (exact) mass is 359 g/mol. The highest BCUT2D eigenvalue weighted by atomic mass is 16.4. The third-order valence-electron chi connectivity index (χ3n) is 2.83. The molecule has 0 saturated heterocycles. The van der Waals surface area contributed by atoms with Gasteiger partial charge in [-0.2, -0.15) is 0 Å². The van der Waals surface area contributed by atoms with E-state index >= 15 is 0 Å². The van der Waals surface area contributed by atoms with E-state index in [9.17, 15) is 24.3 Å². The van der Waals surface area contributed by atoms with Gasteiger partial charge in [-0.05, 0) is 6.92 Å². The number of amides is 3. The van der Waals surface area contributed by atoms with E-state index in [1.807, 2.05) is 5.32 Å². The first-order valence-corrected chi connectivity index (χ1v) is 6.90. The Bertz CT molecular complexity index is 658. The number of nitrogens with zero attached hydrogens (tertiary/aromatic N) is 2. The number of aliphatic hydroxyl groups is 1. The Kier molecular flexibility index (Phi) is 6.81. The molecule has 1 unspecified atom stereocenters. The Morgan fingerprint density at radius 1 is 1.20 bits per heavy atom. The minimum Gasteiger partial charge on any atom is -0.481 e. The van der Waals surface area contributed by atoms with Gasteiger partial charge < -0.3 is 36.1 Å². The average Bonchev–Trinajstić information content (AvgIpc) is 2.90. The summed E-state index contributed by atoms with van der Waals surface area (Å²) in [6, 6.07) is -3.85. The lowest BCUT2D eigenvalue weighted by molar-refractivity contribution is -0.142. The number of aliphatic carboxylic acids is 2. The van der Waals surface area contributed by atoms with Gasteiger partial charge in [0.2, 0.25) is 17.7 Å². The lowest BCUT2D eigenvalue weighted by atomic mass is 10.2. The zero-order valence-electron chi connectivity index (χ0n) is 13.0. The summed E-state index contributed by atoms with van der Waals surface area (Å²) in [6.07, 6.45) is -2.41. The first-order valence-electron chi connectivity index (χ1n) is 6.90. The normalized spacial score (nSPS) is 14.2. The lowest BCUT2D eigenvalue weighted by Crippen LogP contribution is -2.52. The minimum atomic E-state index is -1.60. The predicted octanol–water partition coefficient (Wildman–Crippen LogP) is -2.25. The maximum Gasteiger partial charge on any atom is 0.328 e. The van der Waals surface area contributed by atoms with Crippen molar-refractivity contribution in [3.05, 3.63) is 11.8 Å². The predicted molar refractivity (Wildman–Crippen MR) is 77.0 cm³/mol. The number of nitrogens with one attached hydrogen (secondary N) is 2. The van der Waals surface area contributed by atoms with Gasteiger partial charge in [0, 0.05) is 0 Å². The van der Waals surface area contributed by atoms with Crippen molar-refractivity contribution in [1.29, 1.82) is 0 Å². The molecule has 0 spiro atoms. The molecule has 0 aromatic carbocycles. The molecule has 13 heteroatoms. The quantitative estimate of drug-likeness (QED) is 0.278. The Morgan fingerprint density at radius 2 is 1.84 bits per heavy atom.